The number of phenols is 1. The number of ether oxygens (including phenoxy) is 1. The number of carbonyl (C=O) groups is 1. The van der Waals surface area contributed by atoms with Crippen molar-refractivity contribution in [1.82, 2.24) is 9.38 Å². The van der Waals surface area contributed by atoms with Crippen LogP contribution in [-0.2, 0) is 16.1 Å². The topological polar surface area (TPSA) is 87.9 Å². The van der Waals surface area contributed by atoms with E-state index >= 15 is 0 Å². The van der Waals surface area contributed by atoms with E-state index in [1.54, 1.807) is 55.8 Å². The Labute approximate surface area is 184 Å². The van der Waals surface area contributed by atoms with E-state index in [1.807, 2.05) is 10.5 Å². The van der Waals surface area contributed by atoms with Crippen molar-refractivity contribution >= 4 is 23.1 Å². The van der Waals surface area contributed by atoms with E-state index in [4.69, 9.17) is 4.74 Å². The number of anilines is 2. The SMILES string of the molecule is COCCC(=O)Nc1ccc2nc(-c3ccccc3O)c(NCc3ccc(F)cc3)n2c1. The Morgan fingerprint density at radius 2 is 1.91 bits per heavy atom. The van der Waals surface area contributed by atoms with Crippen LogP contribution in [0.2, 0.25) is 0 Å². The van der Waals surface area contributed by atoms with Crippen LogP contribution >= 0.6 is 0 Å². The molecule has 0 saturated carbocycles. The van der Waals surface area contributed by atoms with Crippen LogP contribution in [0, 0.1) is 5.82 Å². The quantitative estimate of drug-likeness (QED) is 0.382. The van der Waals surface area contributed by atoms with Crippen LogP contribution in [0.5, 0.6) is 5.75 Å². The van der Waals surface area contributed by atoms with Gasteiger partial charge < -0.3 is 20.5 Å². The van der Waals surface area contributed by atoms with E-state index in [0.717, 1.165) is 5.56 Å². The second kappa shape index (κ2) is 9.49. The zero-order chi connectivity index (χ0) is 22.5. The molecule has 0 atom stereocenters. The van der Waals surface area contributed by atoms with Crippen molar-refractivity contribution in [2.24, 2.45) is 0 Å². The van der Waals surface area contributed by atoms with Gasteiger partial charge >= 0.3 is 0 Å². The van der Waals surface area contributed by atoms with Crippen LogP contribution in [0.1, 0.15) is 12.0 Å². The molecule has 0 bridgehead atoms. The van der Waals surface area contributed by atoms with E-state index in [-0.39, 0.29) is 23.9 Å². The second-order valence-electron chi connectivity index (χ2n) is 7.24. The minimum atomic E-state index is -0.299. The molecule has 0 aliphatic heterocycles. The molecule has 3 N–H and O–H groups in total. The predicted octanol–water partition coefficient (Wildman–Crippen LogP) is 4.43. The number of amides is 1. The second-order valence-corrected chi connectivity index (χ2v) is 7.24. The molecule has 4 rings (SSSR count). The number of rotatable bonds is 8. The third-order valence-electron chi connectivity index (χ3n) is 4.97. The first-order valence-electron chi connectivity index (χ1n) is 10.1. The summed E-state index contributed by atoms with van der Waals surface area (Å²) < 4.78 is 20.0. The Morgan fingerprint density at radius 3 is 2.66 bits per heavy atom. The third kappa shape index (κ3) is 4.70. The van der Waals surface area contributed by atoms with Gasteiger partial charge in [0.2, 0.25) is 5.91 Å². The van der Waals surface area contributed by atoms with Gasteiger partial charge in [-0.15, -0.1) is 0 Å². The third-order valence-corrected chi connectivity index (χ3v) is 4.97. The lowest BCUT2D eigenvalue weighted by Gasteiger charge is -2.11. The number of methoxy groups -OCH3 is 1. The number of pyridine rings is 1. The number of carbonyl (C=O) groups excluding carboxylic acids is 1. The first kappa shape index (κ1) is 21.3. The minimum Gasteiger partial charge on any atom is -0.507 e. The largest absolute Gasteiger partial charge is 0.507 e. The molecule has 164 valence electrons. The zero-order valence-electron chi connectivity index (χ0n) is 17.5. The summed E-state index contributed by atoms with van der Waals surface area (Å²) in [4.78, 5) is 16.8. The van der Waals surface area contributed by atoms with Crippen molar-refractivity contribution < 1.29 is 19.0 Å². The fourth-order valence-electron chi connectivity index (χ4n) is 3.36. The first-order chi connectivity index (χ1) is 15.5. The maximum Gasteiger partial charge on any atom is 0.226 e. The number of hydrogen-bond acceptors (Lipinski definition) is 5. The van der Waals surface area contributed by atoms with Gasteiger partial charge in [0.25, 0.3) is 0 Å². The van der Waals surface area contributed by atoms with Crippen molar-refractivity contribution in [1.29, 1.82) is 0 Å². The van der Waals surface area contributed by atoms with E-state index in [9.17, 15) is 14.3 Å². The lowest BCUT2D eigenvalue weighted by Crippen LogP contribution is -2.14. The normalized spacial score (nSPS) is 10.9. The van der Waals surface area contributed by atoms with Crippen molar-refractivity contribution in [2.75, 3.05) is 24.4 Å². The van der Waals surface area contributed by atoms with Crippen LogP contribution in [0.15, 0.2) is 66.9 Å². The Morgan fingerprint density at radius 1 is 1.12 bits per heavy atom. The van der Waals surface area contributed by atoms with Gasteiger partial charge in [-0.2, -0.15) is 0 Å². The number of hydrogen-bond donors (Lipinski definition) is 3. The van der Waals surface area contributed by atoms with E-state index < -0.39 is 0 Å². The predicted molar refractivity (Wildman–Crippen MR) is 121 cm³/mol. The molecule has 2 aromatic carbocycles. The van der Waals surface area contributed by atoms with Crippen molar-refractivity contribution in [3.8, 4) is 17.0 Å². The maximum atomic E-state index is 13.3. The molecule has 2 heterocycles. The number of halogens is 1. The smallest absolute Gasteiger partial charge is 0.226 e. The summed E-state index contributed by atoms with van der Waals surface area (Å²) >= 11 is 0. The average molecular weight is 434 g/mol. The molecule has 0 spiro atoms. The Bertz CT molecular complexity index is 1240. The summed E-state index contributed by atoms with van der Waals surface area (Å²) in [6.45, 7) is 0.750. The highest BCUT2D eigenvalue weighted by molar-refractivity contribution is 5.91. The van der Waals surface area contributed by atoms with Crippen LogP contribution in [0.3, 0.4) is 0 Å². The number of nitrogens with zero attached hydrogens (tertiary/aromatic N) is 2. The molecule has 32 heavy (non-hydrogen) atoms. The number of aromatic hydroxyl groups is 1. The molecular weight excluding hydrogens is 411 g/mol. The highest BCUT2D eigenvalue weighted by Crippen LogP contribution is 2.35. The molecule has 0 aliphatic rings. The Kier molecular flexibility index (Phi) is 6.32. The number of nitrogens with one attached hydrogen (secondary N) is 2. The summed E-state index contributed by atoms with van der Waals surface area (Å²) in [7, 11) is 1.55. The lowest BCUT2D eigenvalue weighted by atomic mass is 10.1. The summed E-state index contributed by atoms with van der Waals surface area (Å²) in [5.74, 6) is 0.285. The van der Waals surface area contributed by atoms with Crippen LogP contribution < -0.4 is 10.6 Å². The van der Waals surface area contributed by atoms with Gasteiger partial charge in [-0.25, -0.2) is 9.37 Å². The van der Waals surface area contributed by atoms with Crippen molar-refractivity contribution in [3.63, 3.8) is 0 Å². The monoisotopic (exact) mass is 434 g/mol. The molecular formula is C24H23FN4O3. The summed E-state index contributed by atoms with van der Waals surface area (Å²) in [5.41, 5.74) is 3.26. The standard InChI is InChI=1S/C24H23FN4O3/c1-32-13-12-22(31)27-18-10-11-21-28-23(19-4-2-3-5-20(19)30)24(29(21)15-18)26-14-16-6-8-17(25)9-7-16/h2-11,15,26,30H,12-14H2,1H3,(H,27,31). The number of imidazole rings is 1. The lowest BCUT2D eigenvalue weighted by molar-refractivity contribution is -0.117. The molecule has 4 aromatic rings. The number of benzene rings is 2. The first-order valence-corrected chi connectivity index (χ1v) is 10.1. The Hall–Kier alpha value is -3.91. The fraction of sp³-hybridized carbons (Fsp3) is 0.167. The average Bonchev–Trinajstić information content (AvgIpc) is 3.15. The van der Waals surface area contributed by atoms with Crippen LogP contribution in [0.4, 0.5) is 15.9 Å². The molecule has 8 heteroatoms. The van der Waals surface area contributed by atoms with Crippen molar-refractivity contribution in [3.05, 3.63) is 78.2 Å². The zero-order valence-corrected chi connectivity index (χ0v) is 17.5. The minimum absolute atomic E-state index is 0.105. The van der Waals surface area contributed by atoms with Crippen LogP contribution in [-0.4, -0.2) is 34.1 Å². The van der Waals surface area contributed by atoms with Gasteiger partial charge in [0, 0.05) is 25.4 Å². The van der Waals surface area contributed by atoms with Gasteiger partial charge in [-0.05, 0) is 42.0 Å². The molecule has 7 nitrogen and oxygen atoms in total. The summed E-state index contributed by atoms with van der Waals surface area (Å²) in [6.07, 6.45) is 2.01. The van der Waals surface area contributed by atoms with Gasteiger partial charge in [-0.3, -0.25) is 9.20 Å². The van der Waals surface area contributed by atoms with Crippen LogP contribution in [0.25, 0.3) is 16.9 Å². The van der Waals surface area contributed by atoms with Gasteiger partial charge in [-0.1, -0.05) is 24.3 Å². The molecule has 2 aromatic heterocycles. The number of phenolic OH excluding ortho intramolecular Hbond substituents is 1. The summed E-state index contributed by atoms with van der Waals surface area (Å²) in [5, 5.41) is 16.6. The Balaban J connectivity index is 1.72. The fourth-order valence-corrected chi connectivity index (χ4v) is 3.36. The van der Waals surface area contributed by atoms with E-state index in [2.05, 4.69) is 15.6 Å². The van der Waals surface area contributed by atoms with Crippen molar-refractivity contribution in [2.45, 2.75) is 13.0 Å². The number of aromatic nitrogens is 2. The molecule has 0 aliphatic carbocycles. The maximum absolute atomic E-state index is 13.3. The molecule has 0 unspecified atom stereocenters. The number of para-hydroxylation sites is 1. The highest BCUT2D eigenvalue weighted by Gasteiger charge is 2.17. The summed E-state index contributed by atoms with van der Waals surface area (Å²) in [6, 6.07) is 16.7. The van der Waals surface area contributed by atoms with Gasteiger partial charge in [0.05, 0.1) is 18.7 Å². The molecule has 0 radical (unpaired) electrons. The molecule has 0 fully saturated rings. The highest BCUT2D eigenvalue weighted by atomic mass is 19.1. The van der Waals surface area contributed by atoms with Gasteiger partial charge in [0.15, 0.2) is 0 Å². The molecule has 1 amide bonds. The molecule has 0 saturated heterocycles. The van der Waals surface area contributed by atoms with E-state index in [0.29, 0.717) is 41.6 Å². The number of fused-ring (bicyclic) bond motifs is 1. The van der Waals surface area contributed by atoms with Gasteiger partial charge in [0.1, 0.15) is 28.7 Å². The van der Waals surface area contributed by atoms with E-state index in [1.165, 1.54) is 12.1 Å².